The third-order valence-electron chi connectivity index (χ3n) is 4.38. The van der Waals surface area contributed by atoms with Crippen LogP contribution in [0.15, 0.2) is 102 Å². The predicted molar refractivity (Wildman–Crippen MR) is 125 cm³/mol. The minimum Gasteiger partial charge on any atom is -0.490 e. The first-order valence-electron chi connectivity index (χ1n) is 9.89. The van der Waals surface area contributed by atoms with Crippen LogP contribution < -0.4 is 14.5 Å². The summed E-state index contributed by atoms with van der Waals surface area (Å²) in [5, 5.41) is 3.89. The zero-order valence-electron chi connectivity index (χ0n) is 17.6. The first kappa shape index (κ1) is 23.7. The van der Waals surface area contributed by atoms with Gasteiger partial charge in [0.2, 0.25) is 0 Å². The Hall–Kier alpha value is -3.98. The number of nitrogens with one attached hydrogen (secondary N) is 1. The quantitative estimate of drug-likeness (QED) is 0.280. The van der Waals surface area contributed by atoms with E-state index in [9.17, 15) is 17.6 Å². The maximum Gasteiger partial charge on any atom is 0.264 e. The molecule has 0 radical (unpaired) electrons. The zero-order valence-corrected chi connectivity index (χ0v) is 18.4. The van der Waals surface area contributed by atoms with Crippen LogP contribution in [0.5, 0.6) is 5.75 Å². The fraction of sp³-hybridized carbons (Fsp3) is 0.0833. The summed E-state index contributed by atoms with van der Waals surface area (Å²) in [6, 6.07) is 19.5. The lowest BCUT2D eigenvalue weighted by atomic mass is 10.2. The lowest BCUT2D eigenvalue weighted by Gasteiger charge is -2.23. The molecule has 1 amide bonds. The van der Waals surface area contributed by atoms with Crippen molar-refractivity contribution in [1.29, 1.82) is 0 Å². The Morgan fingerprint density at radius 3 is 2.33 bits per heavy atom. The highest BCUT2D eigenvalue weighted by atomic mass is 32.2. The molecular formula is C24H22FN3O4S. The molecule has 3 aromatic rings. The van der Waals surface area contributed by atoms with Crippen LogP contribution in [0.2, 0.25) is 0 Å². The number of amides is 1. The number of rotatable bonds is 10. The fourth-order valence-corrected chi connectivity index (χ4v) is 4.23. The lowest BCUT2D eigenvalue weighted by Crippen LogP contribution is -2.39. The Bertz CT molecular complexity index is 1210. The van der Waals surface area contributed by atoms with Gasteiger partial charge in [0.15, 0.2) is 0 Å². The van der Waals surface area contributed by atoms with Crippen molar-refractivity contribution in [3.05, 3.63) is 103 Å². The summed E-state index contributed by atoms with van der Waals surface area (Å²) in [4.78, 5) is 12.5. The predicted octanol–water partition coefficient (Wildman–Crippen LogP) is 3.74. The number of anilines is 1. The SMILES string of the molecule is C=CCOc1ccc(/C=N\NC(=O)CN(c2ccc(F)cc2)S(=O)(=O)c2ccccc2)cc1. The Balaban J connectivity index is 1.73. The van der Waals surface area contributed by atoms with E-state index in [1.807, 2.05) is 0 Å². The maximum absolute atomic E-state index is 13.4. The third kappa shape index (κ3) is 6.50. The van der Waals surface area contributed by atoms with E-state index in [1.165, 1.54) is 30.5 Å². The topological polar surface area (TPSA) is 88.1 Å². The first-order valence-corrected chi connectivity index (χ1v) is 11.3. The van der Waals surface area contributed by atoms with Crippen LogP contribution in [0, 0.1) is 5.82 Å². The minimum absolute atomic E-state index is 0.00406. The van der Waals surface area contributed by atoms with Crippen molar-refractivity contribution in [2.24, 2.45) is 5.10 Å². The molecule has 33 heavy (non-hydrogen) atoms. The van der Waals surface area contributed by atoms with Gasteiger partial charge in [0.1, 0.15) is 24.7 Å². The van der Waals surface area contributed by atoms with Crippen molar-refractivity contribution in [2.75, 3.05) is 17.5 Å². The third-order valence-corrected chi connectivity index (χ3v) is 6.17. The summed E-state index contributed by atoms with van der Waals surface area (Å²) >= 11 is 0. The van der Waals surface area contributed by atoms with E-state index in [1.54, 1.807) is 48.5 Å². The number of carbonyl (C=O) groups is 1. The number of hydrogen-bond donors (Lipinski definition) is 1. The first-order chi connectivity index (χ1) is 15.9. The molecule has 1 N–H and O–H groups in total. The van der Waals surface area contributed by atoms with Gasteiger partial charge < -0.3 is 4.74 Å². The summed E-state index contributed by atoms with van der Waals surface area (Å²) in [7, 11) is -4.07. The number of nitrogens with zero attached hydrogens (tertiary/aromatic N) is 2. The average molecular weight is 468 g/mol. The Labute approximate surface area is 191 Å². The van der Waals surface area contributed by atoms with Crippen molar-refractivity contribution in [2.45, 2.75) is 4.90 Å². The van der Waals surface area contributed by atoms with Gasteiger partial charge in [0.05, 0.1) is 16.8 Å². The van der Waals surface area contributed by atoms with Crippen LogP contribution in [0.3, 0.4) is 0 Å². The summed E-state index contributed by atoms with van der Waals surface area (Å²) in [5.41, 5.74) is 3.17. The van der Waals surface area contributed by atoms with Crippen molar-refractivity contribution >= 4 is 27.8 Å². The smallest absolute Gasteiger partial charge is 0.264 e. The van der Waals surface area contributed by atoms with E-state index in [0.29, 0.717) is 17.9 Å². The molecule has 0 bridgehead atoms. The Morgan fingerprint density at radius 2 is 1.70 bits per heavy atom. The highest BCUT2D eigenvalue weighted by Gasteiger charge is 2.27. The molecule has 0 aliphatic carbocycles. The van der Waals surface area contributed by atoms with Gasteiger partial charge in [-0.15, -0.1) is 0 Å². The minimum atomic E-state index is -4.07. The molecule has 0 saturated heterocycles. The zero-order chi connectivity index (χ0) is 23.7. The highest BCUT2D eigenvalue weighted by Crippen LogP contribution is 2.23. The molecule has 0 aliphatic heterocycles. The molecule has 0 spiro atoms. The van der Waals surface area contributed by atoms with Gasteiger partial charge in [-0.3, -0.25) is 9.10 Å². The summed E-state index contributed by atoms with van der Waals surface area (Å²) in [5.74, 6) is -0.524. The van der Waals surface area contributed by atoms with Gasteiger partial charge in [0, 0.05) is 0 Å². The van der Waals surface area contributed by atoms with Crippen molar-refractivity contribution in [3.63, 3.8) is 0 Å². The van der Waals surface area contributed by atoms with Crippen LogP contribution in [0.25, 0.3) is 0 Å². The van der Waals surface area contributed by atoms with E-state index < -0.39 is 28.3 Å². The van der Waals surface area contributed by atoms with Gasteiger partial charge in [-0.05, 0) is 66.2 Å². The van der Waals surface area contributed by atoms with E-state index in [0.717, 1.165) is 16.4 Å². The van der Waals surface area contributed by atoms with Crippen LogP contribution in [0.1, 0.15) is 5.56 Å². The fourth-order valence-electron chi connectivity index (χ4n) is 2.79. The lowest BCUT2D eigenvalue weighted by molar-refractivity contribution is -0.119. The van der Waals surface area contributed by atoms with E-state index in [2.05, 4.69) is 17.1 Å². The van der Waals surface area contributed by atoms with Gasteiger partial charge in [-0.1, -0.05) is 30.9 Å². The molecule has 0 unspecified atom stereocenters. The van der Waals surface area contributed by atoms with Gasteiger partial charge in [-0.25, -0.2) is 18.2 Å². The van der Waals surface area contributed by atoms with Gasteiger partial charge in [-0.2, -0.15) is 5.10 Å². The second-order valence-corrected chi connectivity index (χ2v) is 8.63. The number of carbonyl (C=O) groups excluding carboxylic acids is 1. The number of ether oxygens (including phenoxy) is 1. The Morgan fingerprint density at radius 1 is 1.03 bits per heavy atom. The molecule has 9 heteroatoms. The molecule has 0 heterocycles. The molecular weight excluding hydrogens is 445 g/mol. The molecule has 0 fully saturated rings. The number of benzene rings is 3. The second kappa shape index (κ2) is 11.1. The van der Waals surface area contributed by atoms with Crippen LogP contribution in [-0.4, -0.2) is 33.7 Å². The molecule has 7 nitrogen and oxygen atoms in total. The van der Waals surface area contributed by atoms with Gasteiger partial charge >= 0.3 is 0 Å². The molecule has 0 atom stereocenters. The van der Waals surface area contributed by atoms with Gasteiger partial charge in [0.25, 0.3) is 15.9 Å². The molecule has 170 valence electrons. The monoisotopic (exact) mass is 467 g/mol. The Kier molecular flexibility index (Phi) is 7.93. The van der Waals surface area contributed by atoms with Crippen LogP contribution >= 0.6 is 0 Å². The van der Waals surface area contributed by atoms with Crippen LogP contribution in [-0.2, 0) is 14.8 Å². The highest BCUT2D eigenvalue weighted by molar-refractivity contribution is 7.92. The standard InChI is InChI=1S/C24H22FN3O4S/c1-2-16-32-22-14-8-19(9-15-22)17-26-27-24(29)18-28(21-12-10-20(25)11-13-21)33(30,31)23-6-4-3-5-7-23/h2-15,17H,1,16,18H2,(H,27,29)/b26-17-. The number of hydrazone groups is 1. The van der Waals surface area contributed by atoms with E-state index in [-0.39, 0.29) is 10.6 Å². The normalized spacial score (nSPS) is 11.2. The molecule has 3 rings (SSSR count). The number of hydrogen-bond acceptors (Lipinski definition) is 5. The molecule has 3 aromatic carbocycles. The summed E-state index contributed by atoms with van der Waals surface area (Å²) in [6.45, 7) is 3.42. The van der Waals surface area contributed by atoms with E-state index in [4.69, 9.17) is 4.74 Å². The second-order valence-electron chi connectivity index (χ2n) is 6.76. The molecule has 0 aromatic heterocycles. The number of halogens is 1. The summed E-state index contributed by atoms with van der Waals surface area (Å²) in [6.07, 6.45) is 3.06. The van der Waals surface area contributed by atoms with Crippen molar-refractivity contribution in [3.8, 4) is 5.75 Å². The van der Waals surface area contributed by atoms with Crippen molar-refractivity contribution in [1.82, 2.24) is 5.43 Å². The van der Waals surface area contributed by atoms with Crippen molar-refractivity contribution < 1.29 is 22.3 Å². The molecule has 0 aliphatic rings. The average Bonchev–Trinajstić information content (AvgIpc) is 2.83. The summed E-state index contributed by atoms with van der Waals surface area (Å²) < 4.78 is 46.0. The maximum atomic E-state index is 13.4. The van der Waals surface area contributed by atoms with Crippen LogP contribution in [0.4, 0.5) is 10.1 Å². The largest absolute Gasteiger partial charge is 0.490 e. The molecule has 0 saturated carbocycles. The number of sulfonamides is 1. The van der Waals surface area contributed by atoms with E-state index >= 15 is 0 Å².